The lowest BCUT2D eigenvalue weighted by atomic mass is 9.92. The van der Waals surface area contributed by atoms with Crippen LogP contribution in [0, 0.1) is 11.3 Å². The third-order valence-electron chi connectivity index (χ3n) is 4.06. The minimum absolute atomic E-state index is 0.451. The molecular formula is C15H28O2. The van der Waals surface area contributed by atoms with Gasteiger partial charge in [-0.1, -0.05) is 25.8 Å². The second-order valence-corrected chi connectivity index (χ2v) is 5.77. The van der Waals surface area contributed by atoms with E-state index in [1.165, 1.54) is 25.7 Å². The van der Waals surface area contributed by atoms with Gasteiger partial charge in [-0.05, 0) is 44.4 Å². The highest BCUT2D eigenvalue weighted by Gasteiger charge is 2.52. The van der Waals surface area contributed by atoms with Gasteiger partial charge in [0.15, 0.2) is 5.79 Å². The first-order valence-electron chi connectivity index (χ1n) is 6.79. The molecule has 0 aromatic carbocycles. The smallest absolute Gasteiger partial charge is 0.162 e. The van der Waals surface area contributed by atoms with Gasteiger partial charge in [-0.2, -0.15) is 0 Å². The summed E-state index contributed by atoms with van der Waals surface area (Å²) in [6.07, 6.45) is 8.40. The molecule has 1 aliphatic rings. The average Bonchev–Trinajstić information content (AvgIpc) is 2.99. The van der Waals surface area contributed by atoms with Crippen molar-refractivity contribution in [1.29, 1.82) is 0 Å². The molecule has 0 N–H and O–H groups in total. The van der Waals surface area contributed by atoms with Crippen molar-refractivity contribution >= 4 is 0 Å². The first-order valence-corrected chi connectivity index (χ1v) is 6.79. The Hall–Kier alpha value is -0.340. The zero-order valence-electron chi connectivity index (χ0n) is 11.9. The molecule has 0 heterocycles. The van der Waals surface area contributed by atoms with Crippen LogP contribution in [0.1, 0.15) is 52.9 Å². The van der Waals surface area contributed by atoms with Crippen molar-refractivity contribution in [1.82, 2.24) is 0 Å². The number of hydrogen-bond donors (Lipinski definition) is 0. The lowest BCUT2D eigenvalue weighted by Crippen LogP contribution is -2.28. The van der Waals surface area contributed by atoms with Gasteiger partial charge in [0.25, 0.3) is 0 Å². The molecule has 1 saturated carbocycles. The monoisotopic (exact) mass is 240 g/mol. The van der Waals surface area contributed by atoms with Crippen LogP contribution < -0.4 is 0 Å². The van der Waals surface area contributed by atoms with Crippen molar-refractivity contribution in [3.63, 3.8) is 0 Å². The maximum absolute atomic E-state index is 5.83. The number of methoxy groups -OCH3 is 1. The van der Waals surface area contributed by atoms with Crippen LogP contribution in [0.25, 0.3) is 0 Å². The predicted molar refractivity (Wildman–Crippen MR) is 71.9 cm³/mol. The summed E-state index contributed by atoms with van der Waals surface area (Å²) in [6.45, 7) is 10.9. The first-order chi connectivity index (χ1) is 7.99. The Morgan fingerprint density at radius 3 is 2.71 bits per heavy atom. The molecule has 0 bridgehead atoms. The summed E-state index contributed by atoms with van der Waals surface area (Å²) in [4.78, 5) is 0. The fourth-order valence-corrected chi connectivity index (χ4v) is 2.50. The summed E-state index contributed by atoms with van der Waals surface area (Å²) in [5, 5.41) is 0. The van der Waals surface area contributed by atoms with E-state index in [9.17, 15) is 0 Å². The van der Waals surface area contributed by atoms with Crippen molar-refractivity contribution in [3.8, 4) is 0 Å². The van der Waals surface area contributed by atoms with Crippen LogP contribution in [-0.2, 0) is 9.47 Å². The van der Waals surface area contributed by atoms with Gasteiger partial charge in [0.2, 0.25) is 0 Å². The maximum Gasteiger partial charge on any atom is 0.162 e. The SMILES string of the molecule is C=CC[C@@]1(CCCC)C[C@@H]1COC(C)(C)OC. The molecule has 1 aliphatic carbocycles. The van der Waals surface area contributed by atoms with Gasteiger partial charge in [-0.25, -0.2) is 0 Å². The molecule has 0 saturated heterocycles. The van der Waals surface area contributed by atoms with Crippen LogP contribution in [0.15, 0.2) is 12.7 Å². The highest BCUT2D eigenvalue weighted by molar-refractivity contribution is 5.05. The van der Waals surface area contributed by atoms with E-state index >= 15 is 0 Å². The minimum atomic E-state index is -0.451. The van der Waals surface area contributed by atoms with E-state index in [1.807, 2.05) is 13.8 Å². The number of unbranched alkanes of at least 4 members (excludes halogenated alkanes) is 1. The second-order valence-electron chi connectivity index (χ2n) is 5.77. The molecule has 1 rings (SSSR count). The summed E-state index contributed by atoms with van der Waals surface area (Å²) >= 11 is 0. The lowest BCUT2D eigenvalue weighted by Gasteiger charge is -2.24. The zero-order valence-corrected chi connectivity index (χ0v) is 11.9. The van der Waals surface area contributed by atoms with E-state index < -0.39 is 5.79 Å². The number of ether oxygens (including phenoxy) is 2. The normalized spacial score (nSPS) is 28.1. The van der Waals surface area contributed by atoms with Crippen molar-refractivity contribution in [2.24, 2.45) is 11.3 Å². The Morgan fingerprint density at radius 1 is 1.47 bits per heavy atom. The van der Waals surface area contributed by atoms with Gasteiger partial charge in [0.1, 0.15) is 0 Å². The summed E-state index contributed by atoms with van der Waals surface area (Å²) in [5.41, 5.74) is 0.488. The molecule has 0 aliphatic heterocycles. The molecular weight excluding hydrogens is 212 g/mol. The van der Waals surface area contributed by atoms with Crippen molar-refractivity contribution in [2.75, 3.05) is 13.7 Å². The highest BCUT2D eigenvalue weighted by atomic mass is 16.7. The lowest BCUT2D eigenvalue weighted by molar-refractivity contribution is -0.200. The minimum Gasteiger partial charge on any atom is -0.354 e. The molecule has 0 aromatic rings. The van der Waals surface area contributed by atoms with E-state index in [0.717, 1.165) is 13.0 Å². The molecule has 100 valence electrons. The summed E-state index contributed by atoms with van der Waals surface area (Å²) in [6, 6.07) is 0. The zero-order chi connectivity index (χ0) is 12.9. The Kier molecular flexibility index (Phi) is 5.21. The van der Waals surface area contributed by atoms with Gasteiger partial charge in [0.05, 0.1) is 6.61 Å². The molecule has 0 spiro atoms. The second kappa shape index (κ2) is 6.01. The van der Waals surface area contributed by atoms with Crippen LogP contribution >= 0.6 is 0 Å². The van der Waals surface area contributed by atoms with E-state index in [1.54, 1.807) is 7.11 Å². The first kappa shape index (κ1) is 14.7. The fraction of sp³-hybridized carbons (Fsp3) is 0.867. The largest absolute Gasteiger partial charge is 0.354 e. The van der Waals surface area contributed by atoms with Crippen molar-refractivity contribution in [3.05, 3.63) is 12.7 Å². The molecule has 1 fully saturated rings. The number of hydrogen-bond acceptors (Lipinski definition) is 2. The van der Waals surface area contributed by atoms with E-state index in [4.69, 9.17) is 9.47 Å². The van der Waals surface area contributed by atoms with Crippen molar-refractivity contribution in [2.45, 2.75) is 58.7 Å². The standard InChI is InChI=1S/C15H28O2/c1-6-8-10-15(9-7-2)11-13(15)12-17-14(3,4)16-5/h7,13H,2,6,8-12H2,1,3-5H3/t13-,15-/m1/s1. The molecule has 17 heavy (non-hydrogen) atoms. The topological polar surface area (TPSA) is 18.5 Å². The van der Waals surface area contributed by atoms with Gasteiger partial charge in [-0.15, -0.1) is 6.58 Å². The highest BCUT2D eigenvalue weighted by Crippen LogP contribution is 2.59. The van der Waals surface area contributed by atoms with Gasteiger partial charge in [-0.3, -0.25) is 0 Å². The maximum atomic E-state index is 5.83. The molecule has 2 heteroatoms. The summed E-state index contributed by atoms with van der Waals surface area (Å²) in [7, 11) is 1.70. The Bertz CT molecular complexity index is 247. The van der Waals surface area contributed by atoms with Crippen LogP contribution in [-0.4, -0.2) is 19.5 Å². The third kappa shape index (κ3) is 4.11. The van der Waals surface area contributed by atoms with Crippen molar-refractivity contribution < 1.29 is 9.47 Å². The number of allylic oxidation sites excluding steroid dienone is 1. The average molecular weight is 240 g/mol. The van der Waals surface area contributed by atoms with Gasteiger partial charge >= 0.3 is 0 Å². The van der Waals surface area contributed by atoms with Crippen LogP contribution in [0.4, 0.5) is 0 Å². The quantitative estimate of drug-likeness (QED) is 0.445. The van der Waals surface area contributed by atoms with E-state index in [2.05, 4.69) is 19.6 Å². The fourth-order valence-electron chi connectivity index (χ4n) is 2.50. The molecule has 0 unspecified atom stereocenters. The number of rotatable bonds is 9. The molecule has 0 aromatic heterocycles. The Labute approximate surface area is 106 Å². The Morgan fingerprint density at radius 2 is 2.18 bits per heavy atom. The third-order valence-corrected chi connectivity index (χ3v) is 4.06. The molecule has 2 atom stereocenters. The van der Waals surface area contributed by atoms with E-state index in [-0.39, 0.29) is 0 Å². The van der Waals surface area contributed by atoms with Gasteiger partial charge < -0.3 is 9.47 Å². The predicted octanol–water partition coefficient (Wildman–Crippen LogP) is 4.16. The Balaban J connectivity index is 2.38. The summed E-state index contributed by atoms with van der Waals surface area (Å²) in [5.74, 6) is 0.245. The van der Waals surface area contributed by atoms with Crippen LogP contribution in [0.3, 0.4) is 0 Å². The van der Waals surface area contributed by atoms with E-state index in [0.29, 0.717) is 11.3 Å². The molecule has 0 amide bonds. The molecule has 2 nitrogen and oxygen atoms in total. The molecule has 0 radical (unpaired) electrons. The van der Waals surface area contributed by atoms with Gasteiger partial charge in [0, 0.05) is 7.11 Å². The van der Waals surface area contributed by atoms with Crippen LogP contribution in [0.5, 0.6) is 0 Å². The summed E-state index contributed by atoms with van der Waals surface area (Å²) < 4.78 is 11.1. The van der Waals surface area contributed by atoms with Crippen LogP contribution in [0.2, 0.25) is 0 Å².